The smallest absolute Gasteiger partial charge is 0.260 e. The summed E-state index contributed by atoms with van der Waals surface area (Å²) in [6.07, 6.45) is 1.76. The Morgan fingerprint density at radius 3 is 2.94 bits per heavy atom. The quantitative estimate of drug-likeness (QED) is 0.748. The van der Waals surface area contributed by atoms with Crippen molar-refractivity contribution in [2.24, 2.45) is 0 Å². The summed E-state index contributed by atoms with van der Waals surface area (Å²) in [5.74, 6) is 1.17. The summed E-state index contributed by atoms with van der Waals surface area (Å²) in [5, 5.41) is 2.81. The number of hydrogen-bond acceptors (Lipinski definition) is 3. The second-order valence-corrected chi connectivity index (χ2v) is 3.84. The molecule has 0 unspecified atom stereocenters. The van der Waals surface area contributed by atoms with Crippen LogP contribution in [0.4, 0.5) is 5.69 Å². The predicted molar refractivity (Wildman–Crippen MR) is 63.0 cm³/mol. The van der Waals surface area contributed by atoms with Gasteiger partial charge in [-0.15, -0.1) is 0 Å². The highest BCUT2D eigenvalue weighted by Gasteiger charge is 2.29. The zero-order valence-corrected chi connectivity index (χ0v) is 9.32. The number of ether oxygens (including phenoxy) is 2. The van der Waals surface area contributed by atoms with E-state index in [0.29, 0.717) is 17.9 Å². The Balaban J connectivity index is 2.13. The minimum absolute atomic E-state index is 0.130. The third-order valence-corrected chi connectivity index (χ3v) is 2.84. The van der Waals surface area contributed by atoms with E-state index in [2.05, 4.69) is 5.32 Å². The van der Waals surface area contributed by atoms with Gasteiger partial charge in [-0.1, -0.05) is 18.2 Å². The summed E-state index contributed by atoms with van der Waals surface area (Å²) in [6.45, 7) is 0.380. The van der Waals surface area contributed by atoms with Crippen LogP contribution in [-0.4, -0.2) is 19.6 Å². The van der Waals surface area contributed by atoms with E-state index in [4.69, 9.17) is 9.47 Å². The van der Waals surface area contributed by atoms with E-state index >= 15 is 0 Å². The molecule has 0 saturated carbocycles. The van der Waals surface area contributed by atoms with Crippen LogP contribution in [0.2, 0.25) is 0 Å². The maximum absolute atomic E-state index is 11.9. The van der Waals surface area contributed by atoms with E-state index in [1.807, 2.05) is 24.3 Å². The SMILES string of the molecule is COC1=C/C(=C2\C(=O)Nc3ccccc32)OC1. The number of carbonyl (C=O) groups excluding carboxylic acids is 1. The molecule has 4 nitrogen and oxygen atoms in total. The van der Waals surface area contributed by atoms with Gasteiger partial charge in [0.2, 0.25) is 0 Å². The average Bonchev–Trinajstić information content (AvgIpc) is 2.91. The number of rotatable bonds is 1. The molecular weight excluding hydrogens is 218 g/mol. The summed E-state index contributed by atoms with van der Waals surface area (Å²) in [7, 11) is 1.59. The van der Waals surface area contributed by atoms with Crippen molar-refractivity contribution < 1.29 is 14.3 Å². The molecule has 2 heterocycles. The van der Waals surface area contributed by atoms with Gasteiger partial charge in [0, 0.05) is 17.3 Å². The second kappa shape index (κ2) is 3.66. The minimum atomic E-state index is -0.130. The van der Waals surface area contributed by atoms with Crippen LogP contribution in [0.5, 0.6) is 0 Å². The lowest BCUT2D eigenvalue weighted by molar-refractivity contribution is -0.110. The fourth-order valence-electron chi connectivity index (χ4n) is 2.00. The number of carbonyl (C=O) groups is 1. The van der Waals surface area contributed by atoms with Crippen LogP contribution < -0.4 is 5.32 Å². The maximum Gasteiger partial charge on any atom is 0.260 e. The minimum Gasteiger partial charge on any atom is -0.497 e. The summed E-state index contributed by atoms with van der Waals surface area (Å²) >= 11 is 0. The first-order chi connectivity index (χ1) is 8.29. The molecule has 1 amide bonds. The molecule has 0 aliphatic carbocycles. The lowest BCUT2D eigenvalue weighted by Gasteiger charge is -2.01. The molecule has 1 N–H and O–H groups in total. The molecule has 1 aromatic rings. The number of para-hydroxylation sites is 1. The zero-order chi connectivity index (χ0) is 11.8. The van der Waals surface area contributed by atoms with Gasteiger partial charge in [-0.2, -0.15) is 0 Å². The Morgan fingerprint density at radius 1 is 1.35 bits per heavy atom. The molecule has 4 heteroatoms. The second-order valence-electron chi connectivity index (χ2n) is 3.84. The van der Waals surface area contributed by atoms with E-state index in [1.54, 1.807) is 13.2 Å². The van der Waals surface area contributed by atoms with Crippen molar-refractivity contribution in [1.82, 2.24) is 0 Å². The van der Waals surface area contributed by atoms with Crippen LogP contribution in [0.25, 0.3) is 5.57 Å². The highest BCUT2D eigenvalue weighted by molar-refractivity contribution is 6.32. The molecule has 0 fully saturated rings. The molecule has 2 aliphatic heterocycles. The fourth-order valence-corrected chi connectivity index (χ4v) is 2.00. The molecule has 0 saturated heterocycles. The Morgan fingerprint density at radius 2 is 2.18 bits per heavy atom. The van der Waals surface area contributed by atoms with Gasteiger partial charge in [-0.25, -0.2) is 0 Å². The van der Waals surface area contributed by atoms with E-state index in [-0.39, 0.29) is 5.91 Å². The van der Waals surface area contributed by atoms with Crippen LogP contribution in [-0.2, 0) is 14.3 Å². The van der Waals surface area contributed by atoms with Crippen LogP contribution in [0.1, 0.15) is 5.56 Å². The number of allylic oxidation sites excluding steroid dienone is 1. The van der Waals surface area contributed by atoms with E-state index in [0.717, 1.165) is 17.0 Å². The van der Waals surface area contributed by atoms with Gasteiger partial charge in [-0.3, -0.25) is 4.79 Å². The summed E-state index contributed by atoms with van der Waals surface area (Å²) in [5.41, 5.74) is 2.27. The molecule has 17 heavy (non-hydrogen) atoms. The lowest BCUT2D eigenvalue weighted by atomic mass is 10.1. The average molecular weight is 229 g/mol. The predicted octanol–water partition coefficient (Wildman–Crippen LogP) is 1.91. The molecule has 0 atom stereocenters. The number of amides is 1. The molecule has 0 radical (unpaired) electrons. The molecule has 0 bridgehead atoms. The molecular formula is C13H11NO3. The standard InChI is InChI=1S/C13H11NO3/c1-16-8-6-11(17-7-8)12-9-4-2-3-5-10(9)14-13(12)15/h2-6H,7H2,1H3,(H,14,15)/b12-11+. The van der Waals surface area contributed by atoms with Crippen molar-refractivity contribution in [2.45, 2.75) is 0 Å². The molecule has 2 aliphatic rings. The fraction of sp³-hybridized carbons (Fsp3) is 0.154. The van der Waals surface area contributed by atoms with Gasteiger partial charge in [0.15, 0.2) is 0 Å². The maximum atomic E-state index is 11.9. The number of nitrogens with one attached hydrogen (secondary N) is 1. The van der Waals surface area contributed by atoms with Gasteiger partial charge < -0.3 is 14.8 Å². The number of benzene rings is 1. The number of methoxy groups -OCH3 is 1. The Labute approximate surface area is 98.5 Å². The van der Waals surface area contributed by atoms with Crippen molar-refractivity contribution in [3.63, 3.8) is 0 Å². The zero-order valence-electron chi connectivity index (χ0n) is 9.32. The normalized spacial score (nSPS) is 21.7. The first-order valence-corrected chi connectivity index (χ1v) is 5.32. The van der Waals surface area contributed by atoms with Gasteiger partial charge in [-0.05, 0) is 6.07 Å². The summed E-state index contributed by atoms with van der Waals surface area (Å²) < 4.78 is 10.6. The van der Waals surface area contributed by atoms with E-state index in [9.17, 15) is 4.79 Å². The van der Waals surface area contributed by atoms with Gasteiger partial charge >= 0.3 is 0 Å². The van der Waals surface area contributed by atoms with Crippen LogP contribution in [0.15, 0.2) is 41.9 Å². The molecule has 0 spiro atoms. The summed E-state index contributed by atoms with van der Waals surface area (Å²) in [4.78, 5) is 11.9. The van der Waals surface area contributed by atoms with Crippen LogP contribution in [0, 0.1) is 0 Å². The van der Waals surface area contributed by atoms with Crippen molar-refractivity contribution in [1.29, 1.82) is 0 Å². The van der Waals surface area contributed by atoms with Crippen molar-refractivity contribution >= 4 is 17.2 Å². The Kier molecular flexibility index (Phi) is 2.14. The molecule has 3 rings (SSSR count). The van der Waals surface area contributed by atoms with Gasteiger partial charge in [0.1, 0.15) is 18.1 Å². The lowest BCUT2D eigenvalue weighted by Crippen LogP contribution is -2.05. The summed E-state index contributed by atoms with van der Waals surface area (Å²) in [6, 6.07) is 7.56. The highest BCUT2D eigenvalue weighted by Crippen LogP contribution is 2.35. The van der Waals surface area contributed by atoms with E-state index in [1.165, 1.54) is 0 Å². The molecule has 1 aromatic carbocycles. The number of anilines is 1. The van der Waals surface area contributed by atoms with Crippen molar-refractivity contribution in [3.05, 3.63) is 47.4 Å². The van der Waals surface area contributed by atoms with E-state index < -0.39 is 0 Å². The number of fused-ring (bicyclic) bond motifs is 1. The van der Waals surface area contributed by atoms with Gasteiger partial charge in [0.25, 0.3) is 5.91 Å². The third-order valence-electron chi connectivity index (χ3n) is 2.84. The Bertz CT molecular complexity index is 558. The first-order valence-electron chi connectivity index (χ1n) is 5.32. The Hall–Kier alpha value is -2.23. The number of hydrogen-bond donors (Lipinski definition) is 1. The van der Waals surface area contributed by atoms with Crippen molar-refractivity contribution in [3.8, 4) is 0 Å². The topological polar surface area (TPSA) is 47.6 Å². The van der Waals surface area contributed by atoms with Crippen molar-refractivity contribution in [2.75, 3.05) is 19.0 Å². The van der Waals surface area contributed by atoms with Crippen LogP contribution in [0.3, 0.4) is 0 Å². The molecule has 0 aromatic heterocycles. The van der Waals surface area contributed by atoms with Crippen LogP contribution >= 0.6 is 0 Å². The third kappa shape index (κ3) is 1.49. The largest absolute Gasteiger partial charge is 0.497 e. The first kappa shape index (κ1) is 9.96. The highest BCUT2D eigenvalue weighted by atomic mass is 16.5. The monoisotopic (exact) mass is 229 g/mol. The molecule has 86 valence electrons. The van der Waals surface area contributed by atoms with Gasteiger partial charge in [0.05, 0.1) is 12.7 Å².